The highest BCUT2D eigenvalue weighted by molar-refractivity contribution is 5.88. The molecule has 0 saturated carbocycles. The number of carbonyl (C=O) groups excluding carboxylic acids is 2. The van der Waals surface area contributed by atoms with Gasteiger partial charge in [-0.3, -0.25) is 0 Å². The van der Waals surface area contributed by atoms with Crippen LogP contribution in [-0.2, 0) is 16.0 Å². The summed E-state index contributed by atoms with van der Waals surface area (Å²) in [6, 6.07) is 3.70. The molecular weight excluding hydrogens is 346 g/mol. The molecule has 6 nitrogen and oxygen atoms in total. The molecule has 0 aromatic heterocycles. The zero-order valence-electron chi connectivity index (χ0n) is 15.6. The zero-order chi connectivity index (χ0) is 20.3. The van der Waals surface area contributed by atoms with Crippen LogP contribution in [0.3, 0.4) is 0 Å². The molecule has 8 heteroatoms. The van der Waals surface area contributed by atoms with E-state index in [1.165, 1.54) is 6.07 Å². The van der Waals surface area contributed by atoms with Crippen LogP contribution in [0.4, 0.5) is 18.4 Å². The number of nitrogens with zero attached hydrogens (tertiary/aromatic N) is 2. The predicted molar refractivity (Wildman–Crippen MR) is 89.1 cm³/mol. The van der Waals surface area contributed by atoms with Crippen LogP contribution in [0.2, 0.25) is 0 Å². The van der Waals surface area contributed by atoms with Crippen LogP contribution >= 0.6 is 0 Å². The second-order valence-electron chi connectivity index (χ2n) is 7.56. The van der Waals surface area contributed by atoms with E-state index < -0.39 is 47.1 Å². The summed E-state index contributed by atoms with van der Waals surface area (Å²) in [6.45, 7) is 8.97. The molecular formula is C18H22F2N2O4. The fraction of sp³-hybridized carbons (Fsp3) is 0.500. The van der Waals surface area contributed by atoms with E-state index in [0.29, 0.717) is 4.90 Å². The average Bonchev–Trinajstić information content (AvgIpc) is 2.45. The second kappa shape index (κ2) is 7.68. The normalized spacial score (nSPS) is 11.5. The molecule has 1 rings (SSSR count). The van der Waals surface area contributed by atoms with Gasteiger partial charge in [-0.15, -0.1) is 0 Å². The summed E-state index contributed by atoms with van der Waals surface area (Å²) in [5.41, 5.74) is -2.59. The van der Waals surface area contributed by atoms with Gasteiger partial charge in [0.25, 0.3) is 0 Å². The Morgan fingerprint density at radius 2 is 1.46 bits per heavy atom. The number of ether oxygens (including phenoxy) is 2. The molecule has 1 aromatic rings. The number of imide groups is 1. The lowest BCUT2D eigenvalue weighted by molar-refractivity contribution is -0.000430. The Hall–Kier alpha value is -2.69. The molecule has 2 amide bonds. The summed E-state index contributed by atoms with van der Waals surface area (Å²) >= 11 is 0. The summed E-state index contributed by atoms with van der Waals surface area (Å²) in [5.74, 6) is -2.67. The monoisotopic (exact) mass is 368 g/mol. The minimum Gasteiger partial charge on any atom is -0.443 e. The molecule has 142 valence electrons. The Morgan fingerprint density at radius 1 is 1.00 bits per heavy atom. The highest BCUT2D eigenvalue weighted by Gasteiger charge is 2.32. The van der Waals surface area contributed by atoms with Gasteiger partial charge in [-0.25, -0.2) is 23.3 Å². The first-order chi connectivity index (χ1) is 11.7. The first-order valence-electron chi connectivity index (χ1n) is 7.85. The Labute approximate surface area is 151 Å². The van der Waals surface area contributed by atoms with E-state index in [-0.39, 0.29) is 5.56 Å². The van der Waals surface area contributed by atoms with E-state index in [1.807, 2.05) is 0 Å². The van der Waals surface area contributed by atoms with Crippen molar-refractivity contribution in [2.45, 2.75) is 59.3 Å². The average molecular weight is 368 g/mol. The summed E-state index contributed by atoms with van der Waals surface area (Å²) in [4.78, 5) is 25.2. The van der Waals surface area contributed by atoms with Crippen molar-refractivity contribution < 1.29 is 27.8 Å². The van der Waals surface area contributed by atoms with Gasteiger partial charge in [0.1, 0.15) is 17.3 Å². The first-order valence-corrected chi connectivity index (χ1v) is 7.85. The first kappa shape index (κ1) is 21.4. The van der Waals surface area contributed by atoms with Gasteiger partial charge in [-0.2, -0.15) is 5.26 Å². The third kappa shape index (κ3) is 5.99. The van der Waals surface area contributed by atoms with Crippen molar-refractivity contribution in [1.82, 2.24) is 4.90 Å². The molecule has 0 saturated heterocycles. The molecule has 0 bridgehead atoms. The van der Waals surface area contributed by atoms with Crippen molar-refractivity contribution >= 4 is 12.2 Å². The molecule has 0 heterocycles. The Morgan fingerprint density at radius 3 is 1.85 bits per heavy atom. The standard InChI is InChI=1S/C18H22F2N2O4/c1-17(2,3)25-15(23)22(16(24)26-18(4,5)6)10-12-8-7-11(9-21)13(19)14(12)20/h7-8H,10H2,1-6H3. The lowest BCUT2D eigenvalue weighted by Gasteiger charge is -2.28. The molecule has 0 fully saturated rings. The minimum absolute atomic E-state index is 0.293. The smallest absolute Gasteiger partial charge is 0.420 e. The maximum Gasteiger partial charge on any atom is 0.420 e. The topological polar surface area (TPSA) is 79.6 Å². The third-order valence-electron chi connectivity index (χ3n) is 2.84. The van der Waals surface area contributed by atoms with Crippen molar-refractivity contribution in [3.05, 3.63) is 34.9 Å². The lowest BCUT2D eigenvalue weighted by Crippen LogP contribution is -2.43. The van der Waals surface area contributed by atoms with Crippen molar-refractivity contribution in [1.29, 1.82) is 5.26 Å². The van der Waals surface area contributed by atoms with Gasteiger partial charge in [0.15, 0.2) is 11.6 Å². The molecule has 0 aliphatic rings. The number of amides is 2. The van der Waals surface area contributed by atoms with E-state index in [1.54, 1.807) is 41.5 Å². The van der Waals surface area contributed by atoms with Crippen LogP contribution in [0, 0.1) is 23.0 Å². The Bertz CT molecular complexity index is 715. The molecule has 26 heavy (non-hydrogen) atoms. The summed E-state index contributed by atoms with van der Waals surface area (Å²) in [6.07, 6.45) is -2.12. The Balaban J connectivity index is 3.21. The lowest BCUT2D eigenvalue weighted by atomic mass is 10.1. The quantitative estimate of drug-likeness (QED) is 0.767. The van der Waals surface area contributed by atoms with E-state index >= 15 is 0 Å². The second-order valence-corrected chi connectivity index (χ2v) is 7.56. The number of halogens is 2. The number of hydrogen-bond donors (Lipinski definition) is 0. The molecule has 0 aliphatic carbocycles. The highest BCUT2D eigenvalue weighted by Crippen LogP contribution is 2.21. The number of benzene rings is 1. The maximum atomic E-state index is 14.2. The van der Waals surface area contributed by atoms with Gasteiger partial charge in [0.05, 0.1) is 12.1 Å². The van der Waals surface area contributed by atoms with Crippen molar-refractivity contribution in [3.8, 4) is 6.07 Å². The van der Waals surface area contributed by atoms with Crippen molar-refractivity contribution in [3.63, 3.8) is 0 Å². The SMILES string of the molecule is CC(C)(C)OC(=O)N(Cc1ccc(C#N)c(F)c1F)C(=O)OC(C)(C)C. The predicted octanol–water partition coefficient (Wildman–Crippen LogP) is 4.51. The van der Waals surface area contributed by atoms with Gasteiger partial charge in [0, 0.05) is 5.56 Å². The highest BCUT2D eigenvalue weighted by atomic mass is 19.2. The molecule has 0 atom stereocenters. The summed E-state index contributed by atoms with van der Waals surface area (Å²) in [5, 5.41) is 8.73. The fourth-order valence-electron chi connectivity index (χ4n) is 1.81. The van der Waals surface area contributed by atoms with Gasteiger partial charge < -0.3 is 9.47 Å². The number of carbonyl (C=O) groups is 2. The molecule has 0 spiro atoms. The van der Waals surface area contributed by atoms with Gasteiger partial charge in [0.2, 0.25) is 0 Å². The summed E-state index contributed by atoms with van der Waals surface area (Å²) in [7, 11) is 0. The van der Waals surface area contributed by atoms with Crippen LogP contribution in [0.25, 0.3) is 0 Å². The zero-order valence-corrected chi connectivity index (χ0v) is 15.6. The van der Waals surface area contributed by atoms with Crippen molar-refractivity contribution in [2.75, 3.05) is 0 Å². The number of hydrogen-bond acceptors (Lipinski definition) is 5. The van der Waals surface area contributed by atoms with Crippen LogP contribution < -0.4 is 0 Å². The number of nitriles is 1. The Kier molecular flexibility index (Phi) is 6.31. The maximum absolute atomic E-state index is 14.2. The van der Waals surface area contributed by atoms with Gasteiger partial charge in [-0.05, 0) is 47.6 Å². The van der Waals surface area contributed by atoms with Crippen LogP contribution in [0.15, 0.2) is 12.1 Å². The van der Waals surface area contributed by atoms with Crippen LogP contribution in [-0.4, -0.2) is 28.3 Å². The largest absolute Gasteiger partial charge is 0.443 e. The number of rotatable bonds is 2. The molecule has 0 N–H and O–H groups in total. The van der Waals surface area contributed by atoms with Crippen LogP contribution in [0.1, 0.15) is 52.7 Å². The van der Waals surface area contributed by atoms with E-state index in [0.717, 1.165) is 12.1 Å². The van der Waals surface area contributed by atoms with E-state index in [4.69, 9.17) is 14.7 Å². The fourth-order valence-corrected chi connectivity index (χ4v) is 1.81. The summed E-state index contributed by atoms with van der Waals surface area (Å²) < 4.78 is 38.2. The third-order valence-corrected chi connectivity index (χ3v) is 2.84. The van der Waals surface area contributed by atoms with Crippen LogP contribution in [0.5, 0.6) is 0 Å². The van der Waals surface area contributed by atoms with Crippen molar-refractivity contribution in [2.24, 2.45) is 0 Å². The molecule has 1 aromatic carbocycles. The van der Waals surface area contributed by atoms with Gasteiger partial charge in [-0.1, -0.05) is 6.07 Å². The van der Waals surface area contributed by atoms with E-state index in [9.17, 15) is 18.4 Å². The molecule has 0 unspecified atom stereocenters. The molecule has 0 aliphatic heterocycles. The van der Waals surface area contributed by atoms with Gasteiger partial charge >= 0.3 is 12.2 Å². The molecule has 0 radical (unpaired) electrons. The van der Waals surface area contributed by atoms with E-state index in [2.05, 4.69) is 0 Å². The minimum atomic E-state index is -1.35.